The van der Waals surface area contributed by atoms with Crippen LogP contribution >= 0.6 is 0 Å². The second kappa shape index (κ2) is 9.33. The van der Waals surface area contributed by atoms with Crippen molar-refractivity contribution in [3.8, 4) is 5.75 Å². The Kier molecular flexibility index (Phi) is 7.74. The van der Waals surface area contributed by atoms with Crippen molar-refractivity contribution in [3.05, 3.63) is 29.8 Å². The van der Waals surface area contributed by atoms with Gasteiger partial charge < -0.3 is 24.6 Å². The smallest absolute Gasteiger partial charge is 0.307 e. The number of methoxy groups -OCH3 is 3. The number of benzene rings is 1. The van der Waals surface area contributed by atoms with Crippen LogP contribution in [0, 0.1) is 0 Å². The molecule has 6 heteroatoms. The average molecular weight is 297 g/mol. The minimum Gasteiger partial charge on any atom is -0.497 e. The fourth-order valence-corrected chi connectivity index (χ4v) is 1.94. The summed E-state index contributed by atoms with van der Waals surface area (Å²) in [4.78, 5) is 11.5. The van der Waals surface area contributed by atoms with Crippen LogP contribution in [-0.4, -0.2) is 51.6 Å². The van der Waals surface area contributed by atoms with E-state index in [-0.39, 0.29) is 12.4 Å². The molecule has 0 spiro atoms. The second-order valence-electron chi connectivity index (χ2n) is 4.55. The quantitative estimate of drug-likeness (QED) is 0.521. The van der Waals surface area contributed by atoms with Crippen molar-refractivity contribution < 1.29 is 24.1 Å². The van der Waals surface area contributed by atoms with Gasteiger partial charge in [-0.1, -0.05) is 12.1 Å². The first-order chi connectivity index (χ1) is 10.1. The number of ether oxygens (including phenoxy) is 3. The van der Waals surface area contributed by atoms with Crippen LogP contribution in [0.1, 0.15) is 18.1 Å². The summed E-state index contributed by atoms with van der Waals surface area (Å²) in [6.07, 6.45) is -0.750. The molecule has 0 aliphatic carbocycles. The maximum Gasteiger partial charge on any atom is 0.307 e. The first-order valence-corrected chi connectivity index (χ1v) is 6.73. The van der Waals surface area contributed by atoms with Gasteiger partial charge >= 0.3 is 5.97 Å². The van der Waals surface area contributed by atoms with E-state index in [4.69, 9.17) is 9.47 Å². The number of esters is 1. The molecule has 6 nitrogen and oxygen atoms in total. The minimum atomic E-state index is -0.827. The second-order valence-corrected chi connectivity index (χ2v) is 4.55. The lowest BCUT2D eigenvalue weighted by atomic mass is 9.99. The highest BCUT2D eigenvalue weighted by atomic mass is 16.5. The lowest BCUT2D eigenvalue weighted by Crippen LogP contribution is -2.39. The first kappa shape index (κ1) is 17.4. The molecule has 0 bridgehead atoms. The number of aliphatic hydroxyl groups excluding tert-OH is 1. The molecule has 1 aromatic carbocycles. The van der Waals surface area contributed by atoms with Gasteiger partial charge in [-0.2, -0.15) is 0 Å². The van der Waals surface area contributed by atoms with Crippen LogP contribution in [0.25, 0.3) is 0 Å². The van der Waals surface area contributed by atoms with E-state index < -0.39 is 12.1 Å². The van der Waals surface area contributed by atoms with Gasteiger partial charge in [0.2, 0.25) is 0 Å². The number of rotatable bonds is 9. The Hall–Kier alpha value is -1.63. The molecule has 0 fully saturated rings. The lowest BCUT2D eigenvalue weighted by molar-refractivity contribution is -0.142. The van der Waals surface area contributed by atoms with Gasteiger partial charge in [0.25, 0.3) is 0 Å². The first-order valence-electron chi connectivity index (χ1n) is 6.73. The zero-order valence-electron chi connectivity index (χ0n) is 12.7. The summed E-state index contributed by atoms with van der Waals surface area (Å²) in [5, 5.41) is 13.5. The largest absolute Gasteiger partial charge is 0.497 e. The summed E-state index contributed by atoms with van der Waals surface area (Å²) in [5.41, 5.74) is 0.703. The van der Waals surface area contributed by atoms with E-state index in [0.29, 0.717) is 24.5 Å². The average Bonchev–Trinajstić information content (AvgIpc) is 2.53. The summed E-state index contributed by atoms with van der Waals surface area (Å²) in [6.45, 7) is 1.03. The van der Waals surface area contributed by atoms with Gasteiger partial charge in [-0.25, -0.2) is 0 Å². The van der Waals surface area contributed by atoms with Gasteiger partial charge in [-0.05, 0) is 17.7 Å². The molecule has 2 unspecified atom stereocenters. The van der Waals surface area contributed by atoms with Gasteiger partial charge in [0.1, 0.15) is 5.75 Å². The monoisotopic (exact) mass is 297 g/mol. The fraction of sp³-hybridized carbons (Fsp3) is 0.533. The van der Waals surface area contributed by atoms with Crippen molar-refractivity contribution in [2.24, 2.45) is 0 Å². The summed E-state index contributed by atoms with van der Waals surface area (Å²) >= 11 is 0. The summed E-state index contributed by atoms with van der Waals surface area (Å²) in [5.74, 6) is 0.334. The third-order valence-corrected chi connectivity index (χ3v) is 3.17. The topological polar surface area (TPSA) is 77.0 Å². The predicted octanol–water partition coefficient (Wildman–Crippen LogP) is 0.896. The molecule has 21 heavy (non-hydrogen) atoms. The van der Waals surface area contributed by atoms with Gasteiger partial charge in [0.05, 0.1) is 33.4 Å². The van der Waals surface area contributed by atoms with Crippen molar-refractivity contribution in [1.29, 1.82) is 0 Å². The van der Waals surface area contributed by atoms with Crippen LogP contribution < -0.4 is 10.1 Å². The summed E-state index contributed by atoms with van der Waals surface area (Å²) in [7, 11) is 4.50. The molecule has 2 N–H and O–H groups in total. The van der Waals surface area contributed by atoms with Crippen molar-refractivity contribution in [3.63, 3.8) is 0 Å². The molecule has 1 rings (SSSR count). The third-order valence-electron chi connectivity index (χ3n) is 3.17. The maximum atomic E-state index is 11.5. The molecule has 0 amide bonds. The van der Waals surface area contributed by atoms with E-state index in [0.717, 1.165) is 0 Å². The van der Waals surface area contributed by atoms with Crippen molar-refractivity contribution >= 4 is 5.97 Å². The number of carbonyl (C=O) groups is 1. The highest BCUT2D eigenvalue weighted by Gasteiger charge is 2.23. The van der Waals surface area contributed by atoms with Crippen molar-refractivity contribution in [2.75, 3.05) is 34.5 Å². The highest BCUT2D eigenvalue weighted by Crippen LogP contribution is 2.22. The van der Waals surface area contributed by atoms with E-state index in [1.54, 1.807) is 38.5 Å². The van der Waals surface area contributed by atoms with Gasteiger partial charge in [-0.15, -0.1) is 0 Å². The number of aliphatic hydroxyl groups is 1. The molecule has 0 aliphatic heterocycles. The van der Waals surface area contributed by atoms with E-state index in [9.17, 15) is 9.90 Å². The van der Waals surface area contributed by atoms with Crippen LogP contribution in [0.3, 0.4) is 0 Å². The molecular weight excluding hydrogens is 274 g/mol. The number of nitrogens with one attached hydrogen (secondary N) is 1. The molecular formula is C15H23NO5. The predicted molar refractivity (Wildman–Crippen MR) is 78.3 cm³/mol. The Balaban J connectivity index is 2.75. The molecule has 0 aliphatic rings. The van der Waals surface area contributed by atoms with E-state index in [1.165, 1.54) is 7.11 Å². The van der Waals surface area contributed by atoms with Crippen molar-refractivity contribution in [2.45, 2.75) is 18.6 Å². The third kappa shape index (κ3) is 5.71. The van der Waals surface area contributed by atoms with Gasteiger partial charge in [0.15, 0.2) is 0 Å². The number of hydrogen-bond acceptors (Lipinski definition) is 6. The Bertz CT molecular complexity index is 421. The Morgan fingerprint density at radius 2 is 1.90 bits per heavy atom. The zero-order chi connectivity index (χ0) is 15.7. The number of hydrogen-bond donors (Lipinski definition) is 2. The molecule has 0 saturated carbocycles. The number of carbonyl (C=O) groups excluding carboxylic acids is 1. The van der Waals surface area contributed by atoms with Crippen LogP contribution in [-0.2, 0) is 14.3 Å². The molecule has 0 radical (unpaired) electrons. The lowest BCUT2D eigenvalue weighted by Gasteiger charge is -2.23. The van der Waals surface area contributed by atoms with Crippen LogP contribution in [0.2, 0.25) is 0 Å². The van der Waals surface area contributed by atoms with Gasteiger partial charge in [-0.3, -0.25) is 4.79 Å². The molecule has 2 atom stereocenters. The maximum absolute atomic E-state index is 11.5. The van der Waals surface area contributed by atoms with Crippen LogP contribution in [0.15, 0.2) is 24.3 Å². The molecule has 0 saturated heterocycles. The minimum absolute atomic E-state index is 0.0768. The van der Waals surface area contributed by atoms with E-state index in [1.807, 2.05) is 0 Å². The van der Waals surface area contributed by atoms with Gasteiger partial charge in [0, 0.05) is 19.7 Å². The van der Waals surface area contributed by atoms with Crippen LogP contribution in [0.5, 0.6) is 5.75 Å². The Morgan fingerprint density at radius 3 is 2.43 bits per heavy atom. The highest BCUT2D eigenvalue weighted by molar-refractivity contribution is 5.70. The van der Waals surface area contributed by atoms with Crippen LogP contribution in [0.4, 0.5) is 0 Å². The Labute approximate surface area is 125 Å². The standard InChI is InChI=1S/C15H23NO5/c1-19-9-8-16-13(10-14(17)21-3)15(18)11-4-6-12(20-2)7-5-11/h4-7,13,15-16,18H,8-10H2,1-3H3. The van der Waals surface area contributed by atoms with E-state index in [2.05, 4.69) is 10.1 Å². The fourth-order valence-electron chi connectivity index (χ4n) is 1.94. The summed E-state index contributed by atoms with van der Waals surface area (Å²) in [6, 6.07) is 6.63. The Morgan fingerprint density at radius 1 is 1.24 bits per heavy atom. The van der Waals surface area contributed by atoms with Crippen molar-refractivity contribution in [1.82, 2.24) is 5.32 Å². The summed E-state index contributed by atoms with van der Waals surface area (Å²) < 4.78 is 14.7. The normalized spacial score (nSPS) is 13.5. The molecule has 1 aromatic rings. The molecule has 0 heterocycles. The van der Waals surface area contributed by atoms with E-state index >= 15 is 0 Å². The molecule has 0 aromatic heterocycles. The zero-order valence-corrected chi connectivity index (χ0v) is 12.7. The molecule has 118 valence electrons. The SMILES string of the molecule is COCCNC(CC(=O)OC)C(O)c1ccc(OC)cc1.